The first kappa shape index (κ1) is 13.1. The number of methoxy groups -OCH3 is 1. The molecule has 0 saturated heterocycles. The quantitative estimate of drug-likeness (QED) is 0.656. The minimum Gasteiger partial charge on any atom is -0.490 e. The second-order valence-electron chi connectivity index (χ2n) is 4.33. The molecule has 0 aliphatic heterocycles. The van der Waals surface area contributed by atoms with E-state index in [9.17, 15) is 0 Å². The predicted octanol–water partition coefficient (Wildman–Crippen LogP) is 3.44. The van der Waals surface area contributed by atoms with Crippen molar-refractivity contribution in [2.24, 2.45) is 0 Å². The Morgan fingerprint density at radius 1 is 1.39 bits per heavy atom. The van der Waals surface area contributed by atoms with Gasteiger partial charge in [-0.05, 0) is 32.1 Å². The zero-order chi connectivity index (χ0) is 12.8. The smallest absolute Gasteiger partial charge is 0.198 e. The lowest BCUT2D eigenvalue weighted by atomic mass is 9.97. The van der Waals surface area contributed by atoms with Crippen molar-refractivity contribution in [3.63, 3.8) is 0 Å². The molecule has 0 fully saturated rings. The van der Waals surface area contributed by atoms with E-state index in [-0.39, 0.29) is 0 Å². The summed E-state index contributed by atoms with van der Waals surface area (Å²) in [6, 6.07) is 0. The van der Waals surface area contributed by atoms with Gasteiger partial charge in [0.25, 0.3) is 0 Å². The molecule has 1 aliphatic rings. The van der Waals surface area contributed by atoms with Crippen LogP contribution in [-0.2, 0) is 0 Å². The third-order valence-corrected chi connectivity index (χ3v) is 3.36. The summed E-state index contributed by atoms with van der Waals surface area (Å²) < 4.78 is 5.18. The van der Waals surface area contributed by atoms with Crippen molar-refractivity contribution >= 4 is 17.4 Å². The molecule has 0 amide bonds. The van der Waals surface area contributed by atoms with E-state index in [1.54, 1.807) is 7.11 Å². The van der Waals surface area contributed by atoms with Crippen LogP contribution in [0.2, 0.25) is 5.15 Å². The molecular formula is C13H18ClN3O. The number of ether oxygens (including phenoxy) is 1. The number of aromatic nitrogens is 2. The first-order chi connectivity index (χ1) is 8.81. The zero-order valence-electron chi connectivity index (χ0n) is 10.6. The standard InChI is InChI=1S/C13H18ClN3O/c1-18-11-12(14)16-9-17-13(11)15-8-7-10-5-3-2-4-6-10/h5,9H,2-4,6-8H2,1H3,(H,15,16,17). The maximum absolute atomic E-state index is 5.93. The number of hydrogen-bond donors (Lipinski definition) is 1. The van der Waals surface area contributed by atoms with E-state index in [2.05, 4.69) is 21.4 Å². The highest BCUT2D eigenvalue weighted by Gasteiger charge is 2.10. The van der Waals surface area contributed by atoms with Crippen LogP contribution in [0.5, 0.6) is 5.75 Å². The Bertz CT molecular complexity index is 434. The summed E-state index contributed by atoms with van der Waals surface area (Å²) >= 11 is 5.93. The molecule has 1 aliphatic carbocycles. The minimum atomic E-state index is 0.340. The van der Waals surface area contributed by atoms with E-state index < -0.39 is 0 Å². The Morgan fingerprint density at radius 3 is 3.00 bits per heavy atom. The fraction of sp³-hybridized carbons (Fsp3) is 0.538. The summed E-state index contributed by atoms with van der Waals surface area (Å²) in [7, 11) is 1.57. The second kappa shape index (κ2) is 6.59. The Labute approximate surface area is 112 Å². The lowest BCUT2D eigenvalue weighted by Crippen LogP contribution is -2.07. The molecule has 1 aromatic heterocycles. The maximum Gasteiger partial charge on any atom is 0.198 e. The van der Waals surface area contributed by atoms with E-state index in [4.69, 9.17) is 16.3 Å². The summed E-state index contributed by atoms with van der Waals surface area (Å²) in [5.74, 6) is 1.17. The SMILES string of the molecule is COc1c(Cl)ncnc1NCCC1=CCCCC1. The van der Waals surface area contributed by atoms with Crippen LogP contribution in [0.25, 0.3) is 0 Å². The van der Waals surface area contributed by atoms with Gasteiger partial charge in [0.15, 0.2) is 16.7 Å². The van der Waals surface area contributed by atoms with Crippen molar-refractivity contribution in [3.05, 3.63) is 23.1 Å². The van der Waals surface area contributed by atoms with E-state index in [1.165, 1.54) is 37.6 Å². The molecule has 0 aromatic carbocycles. The zero-order valence-corrected chi connectivity index (χ0v) is 11.3. The van der Waals surface area contributed by atoms with Crippen molar-refractivity contribution in [1.29, 1.82) is 0 Å². The van der Waals surface area contributed by atoms with Gasteiger partial charge in [-0.1, -0.05) is 23.3 Å². The Balaban J connectivity index is 1.90. The lowest BCUT2D eigenvalue weighted by molar-refractivity contribution is 0.413. The van der Waals surface area contributed by atoms with Gasteiger partial charge in [-0.3, -0.25) is 0 Å². The molecule has 0 saturated carbocycles. The van der Waals surface area contributed by atoms with Gasteiger partial charge in [0.1, 0.15) is 6.33 Å². The first-order valence-electron chi connectivity index (χ1n) is 6.27. The summed E-state index contributed by atoms with van der Waals surface area (Å²) in [6.07, 6.45) is 9.93. The van der Waals surface area contributed by atoms with Crippen LogP contribution in [0.15, 0.2) is 18.0 Å². The van der Waals surface area contributed by atoms with E-state index >= 15 is 0 Å². The molecule has 0 bridgehead atoms. The number of nitrogens with zero attached hydrogens (tertiary/aromatic N) is 2. The van der Waals surface area contributed by atoms with Gasteiger partial charge in [0.2, 0.25) is 0 Å². The molecule has 0 atom stereocenters. The largest absolute Gasteiger partial charge is 0.490 e. The molecule has 1 heterocycles. The molecule has 0 unspecified atom stereocenters. The second-order valence-corrected chi connectivity index (χ2v) is 4.69. The van der Waals surface area contributed by atoms with Crippen LogP contribution >= 0.6 is 11.6 Å². The minimum absolute atomic E-state index is 0.340. The number of allylic oxidation sites excluding steroid dienone is 1. The third kappa shape index (κ3) is 3.35. The van der Waals surface area contributed by atoms with Crippen molar-refractivity contribution in [3.8, 4) is 5.75 Å². The van der Waals surface area contributed by atoms with Gasteiger partial charge in [0.05, 0.1) is 7.11 Å². The molecule has 4 nitrogen and oxygen atoms in total. The van der Waals surface area contributed by atoms with Gasteiger partial charge >= 0.3 is 0 Å². The van der Waals surface area contributed by atoms with Gasteiger partial charge < -0.3 is 10.1 Å². The van der Waals surface area contributed by atoms with Gasteiger partial charge in [-0.25, -0.2) is 9.97 Å². The summed E-state index contributed by atoms with van der Waals surface area (Å²) in [5, 5.41) is 3.59. The van der Waals surface area contributed by atoms with Gasteiger partial charge in [-0.2, -0.15) is 0 Å². The van der Waals surface area contributed by atoms with Crippen LogP contribution in [0.3, 0.4) is 0 Å². The molecule has 0 spiro atoms. The van der Waals surface area contributed by atoms with Crippen molar-refractivity contribution in [2.75, 3.05) is 19.0 Å². The fourth-order valence-corrected chi connectivity index (χ4v) is 2.34. The van der Waals surface area contributed by atoms with Crippen molar-refractivity contribution in [1.82, 2.24) is 9.97 Å². The number of nitrogens with one attached hydrogen (secondary N) is 1. The molecule has 2 rings (SSSR count). The molecule has 0 radical (unpaired) electrons. The van der Waals surface area contributed by atoms with Crippen molar-refractivity contribution in [2.45, 2.75) is 32.1 Å². The van der Waals surface area contributed by atoms with Crippen LogP contribution in [0.1, 0.15) is 32.1 Å². The molecule has 1 N–H and O–H groups in total. The number of hydrogen-bond acceptors (Lipinski definition) is 4. The molecule has 5 heteroatoms. The van der Waals surface area contributed by atoms with Gasteiger partial charge in [-0.15, -0.1) is 0 Å². The molecule has 98 valence electrons. The Kier molecular flexibility index (Phi) is 4.81. The number of rotatable bonds is 5. The first-order valence-corrected chi connectivity index (χ1v) is 6.65. The summed E-state index contributed by atoms with van der Waals surface area (Å²) in [4.78, 5) is 8.03. The highest BCUT2D eigenvalue weighted by atomic mass is 35.5. The molecular weight excluding hydrogens is 250 g/mol. The Morgan fingerprint density at radius 2 is 2.28 bits per heavy atom. The van der Waals surface area contributed by atoms with Crippen LogP contribution < -0.4 is 10.1 Å². The predicted molar refractivity (Wildman–Crippen MR) is 73.3 cm³/mol. The number of anilines is 1. The maximum atomic E-state index is 5.93. The van der Waals surface area contributed by atoms with Crippen LogP contribution in [-0.4, -0.2) is 23.6 Å². The summed E-state index contributed by atoms with van der Waals surface area (Å²) in [5.41, 5.74) is 1.54. The van der Waals surface area contributed by atoms with Crippen molar-refractivity contribution < 1.29 is 4.74 Å². The van der Waals surface area contributed by atoms with Crippen LogP contribution in [0.4, 0.5) is 5.82 Å². The Hall–Kier alpha value is -1.29. The summed E-state index contributed by atoms with van der Waals surface area (Å²) in [6.45, 7) is 0.843. The fourth-order valence-electron chi connectivity index (χ4n) is 2.13. The topological polar surface area (TPSA) is 47.0 Å². The normalized spacial score (nSPS) is 15.1. The van der Waals surface area contributed by atoms with E-state index in [0.29, 0.717) is 16.7 Å². The number of halogens is 1. The van der Waals surface area contributed by atoms with E-state index in [1.807, 2.05) is 0 Å². The molecule has 18 heavy (non-hydrogen) atoms. The van der Waals surface area contributed by atoms with Crippen LogP contribution in [0, 0.1) is 0 Å². The lowest BCUT2D eigenvalue weighted by Gasteiger charge is -2.14. The highest BCUT2D eigenvalue weighted by molar-refractivity contribution is 6.31. The molecule has 1 aromatic rings. The third-order valence-electron chi connectivity index (χ3n) is 3.09. The highest BCUT2D eigenvalue weighted by Crippen LogP contribution is 2.28. The van der Waals surface area contributed by atoms with Gasteiger partial charge in [0, 0.05) is 6.54 Å². The monoisotopic (exact) mass is 267 g/mol. The van der Waals surface area contributed by atoms with E-state index in [0.717, 1.165) is 13.0 Å². The average Bonchev–Trinajstić information content (AvgIpc) is 2.40. The average molecular weight is 268 g/mol.